The first-order valence-corrected chi connectivity index (χ1v) is 4.48. The maximum absolute atomic E-state index is 10.5. The van der Waals surface area contributed by atoms with Crippen LogP contribution in [0, 0.1) is 0 Å². The first-order chi connectivity index (χ1) is 5.65. The summed E-state index contributed by atoms with van der Waals surface area (Å²) in [5.74, 6) is -1.04. The van der Waals surface area contributed by atoms with Crippen molar-refractivity contribution in [2.45, 2.75) is 6.92 Å². The van der Waals surface area contributed by atoms with E-state index in [9.17, 15) is 4.79 Å². The second kappa shape index (κ2) is 3.73. The van der Waals surface area contributed by atoms with E-state index in [1.165, 1.54) is 0 Å². The third kappa shape index (κ3) is 1.86. The van der Waals surface area contributed by atoms with Crippen LogP contribution in [0.3, 0.4) is 0 Å². The number of halogens is 1. The number of thiazole rings is 1. The van der Waals surface area contributed by atoms with Gasteiger partial charge in [0.25, 0.3) is 0 Å². The molecular weight excluding hydrogens is 200 g/mol. The maximum atomic E-state index is 10.5. The van der Waals surface area contributed by atoms with Crippen LogP contribution in [0.1, 0.15) is 16.6 Å². The van der Waals surface area contributed by atoms with E-state index >= 15 is 0 Å². The molecule has 0 saturated heterocycles. The summed E-state index contributed by atoms with van der Waals surface area (Å²) in [6.45, 7) is 2.60. The summed E-state index contributed by atoms with van der Waals surface area (Å²) in [6, 6.07) is 0. The average Bonchev–Trinajstić information content (AvgIpc) is 2.32. The minimum Gasteiger partial charge on any atom is -0.477 e. The number of hydrogen-bond donors (Lipinski definition) is 2. The molecule has 1 aromatic rings. The highest BCUT2D eigenvalue weighted by atomic mass is 35.5. The number of nitrogens with one attached hydrogen (secondary N) is 1. The van der Waals surface area contributed by atoms with Crippen molar-refractivity contribution in [2.24, 2.45) is 0 Å². The standard InChI is InChI=1S/C6H7ClN2O2S/c1-2-8-6-9-4(7)3(12-6)5(10)11/h2H2,1H3,(H,8,9)(H,10,11). The molecule has 1 aromatic heterocycles. The van der Waals surface area contributed by atoms with Crippen LogP contribution in [-0.2, 0) is 0 Å². The molecule has 0 aliphatic rings. The van der Waals surface area contributed by atoms with E-state index in [2.05, 4.69) is 10.3 Å². The van der Waals surface area contributed by atoms with Crippen LogP contribution in [0.25, 0.3) is 0 Å². The molecule has 0 atom stereocenters. The fourth-order valence-electron chi connectivity index (χ4n) is 0.660. The molecule has 0 saturated carbocycles. The smallest absolute Gasteiger partial charge is 0.349 e. The number of aromatic carboxylic acids is 1. The van der Waals surface area contributed by atoms with Crippen LogP contribution in [0.4, 0.5) is 5.13 Å². The van der Waals surface area contributed by atoms with Crippen LogP contribution in [0.2, 0.25) is 5.15 Å². The average molecular weight is 207 g/mol. The zero-order valence-electron chi connectivity index (χ0n) is 6.30. The predicted molar refractivity (Wildman–Crippen MR) is 48.2 cm³/mol. The van der Waals surface area contributed by atoms with Crippen molar-refractivity contribution in [3.8, 4) is 0 Å². The summed E-state index contributed by atoms with van der Waals surface area (Å²) in [5.41, 5.74) is 0. The number of carbonyl (C=O) groups is 1. The van der Waals surface area contributed by atoms with E-state index in [1.807, 2.05) is 6.92 Å². The summed E-state index contributed by atoms with van der Waals surface area (Å²) in [6.07, 6.45) is 0. The van der Waals surface area contributed by atoms with Gasteiger partial charge in [-0.3, -0.25) is 0 Å². The molecular formula is C6H7ClN2O2S. The van der Waals surface area contributed by atoms with Crippen molar-refractivity contribution in [2.75, 3.05) is 11.9 Å². The van der Waals surface area contributed by atoms with Crippen LogP contribution in [0.5, 0.6) is 0 Å². The van der Waals surface area contributed by atoms with Gasteiger partial charge in [-0.25, -0.2) is 9.78 Å². The number of aromatic nitrogens is 1. The largest absolute Gasteiger partial charge is 0.477 e. The Morgan fingerprint density at radius 3 is 2.92 bits per heavy atom. The van der Waals surface area contributed by atoms with E-state index in [-0.39, 0.29) is 10.0 Å². The summed E-state index contributed by atoms with van der Waals surface area (Å²) in [4.78, 5) is 14.4. The van der Waals surface area contributed by atoms with E-state index in [0.717, 1.165) is 11.3 Å². The highest BCUT2D eigenvalue weighted by Gasteiger charge is 2.14. The molecule has 0 amide bonds. The Morgan fingerprint density at radius 2 is 2.50 bits per heavy atom. The second-order valence-electron chi connectivity index (χ2n) is 1.97. The normalized spacial score (nSPS) is 9.83. The van der Waals surface area contributed by atoms with Gasteiger partial charge in [-0.15, -0.1) is 0 Å². The maximum Gasteiger partial charge on any atom is 0.349 e. The number of hydrogen-bond acceptors (Lipinski definition) is 4. The number of carboxylic acids is 1. The van der Waals surface area contributed by atoms with Crippen LogP contribution < -0.4 is 5.32 Å². The quantitative estimate of drug-likeness (QED) is 0.793. The van der Waals surface area contributed by atoms with E-state index in [0.29, 0.717) is 11.7 Å². The Hall–Kier alpha value is -0.810. The zero-order valence-corrected chi connectivity index (χ0v) is 7.87. The summed E-state index contributed by atoms with van der Waals surface area (Å²) in [5, 5.41) is 12.1. The van der Waals surface area contributed by atoms with Crippen molar-refractivity contribution >= 4 is 34.0 Å². The van der Waals surface area contributed by atoms with E-state index in [1.54, 1.807) is 0 Å². The Morgan fingerprint density at radius 1 is 1.83 bits per heavy atom. The topological polar surface area (TPSA) is 62.2 Å². The molecule has 0 spiro atoms. The third-order valence-electron chi connectivity index (χ3n) is 1.11. The molecule has 0 aromatic carbocycles. The molecule has 4 nitrogen and oxygen atoms in total. The number of nitrogens with zero attached hydrogens (tertiary/aromatic N) is 1. The van der Waals surface area contributed by atoms with Crippen LogP contribution >= 0.6 is 22.9 Å². The van der Waals surface area contributed by atoms with Gasteiger partial charge in [0.2, 0.25) is 0 Å². The molecule has 6 heteroatoms. The number of carboxylic acid groups (broad SMARTS) is 1. The van der Waals surface area contributed by atoms with Crippen LogP contribution in [0.15, 0.2) is 0 Å². The SMILES string of the molecule is CCNc1nc(Cl)c(C(=O)O)s1. The molecule has 12 heavy (non-hydrogen) atoms. The van der Waals surface area contributed by atoms with Gasteiger partial charge in [0.05, 0.1) is 0 Å². The van der Waals surface area contributed by atoms with Crippen molar-refractivity contribution in [1.82, 2.24) is 4.98 Å². The molecule has 0 bridgehead atoms. The van der Waals surface area contributed by atoms with Gasteiger partial charge in [0.1, 0.15) is 0 Å². The lowest BCUT2D eigenvalue weighted by molar-refractivity contribution is 0.0702. The summed E-state index contributed by atoms with van der Waals surface area (Å²) in [7, 11) is 0. The lowest BCUT2D eigenvalue weighted by Crippen LogP contribution is -1.94. The van der Waals surface area contributed by atoms with Gasteiger partial charge in [-0.2, -0.15) is 0 Å². The summed E-state index contributed by atoms with van der Waals surface area (Å²) < 4.78 is 0. The van der Waals surface area contributed by atoms with Crippen molar-refractivity contribution < 1.29 is 9.90 Å². The molecule has 0 fully saturated rings. The van der Waals surface area contributed by atoms with Gasteiger partial charge in [-0.05, 0) is 6.92 Å². The Labute approximate surface area is 78.2 Å². The third-order valence-corrected chi connectivity index (χ3v) is 2.49. The molecule has 0 radical (unpaired) electrons. The van der Waals surface area contributed by atoms with Crippen molar-refractivity contribution in [3.05, 3.63) is 10.0 Å². The highest BCUT2D eigenvalue weighted by Crippen LogP contribution is 2.26. The van der Waals surface area contributed by atoms with E-state index in [4.69, 9.17) is 16.7 Å². The van der Waals surface area contributed by atoms with Gasteiger partial charge in [-0.1, -0.05) is 22.9 Å². The van der Waals surface area contributed by atoms with Crippen LogP contribution in [-0.4, -0.2) is 22.6 Å². The fraction of sp³-hybridized carbons (Fsp3) is 0.333. The molecule has 0 aliphatic heterocycles. The molecule has 66 valence electrons. The molecule has 2 N–H and O–H groups in total. The zero-order chi connectivity index (χ0) is 9.14. The first-order valence-electron chi connectivity index (χ1n) is 3.28. The van der Waals surface area contributed by atoms with Gasteiger partial charge in [0.15, 0.2) is 15.2 Å². The van der Waals surface area contributed by atoms with Gasteiger partial charge >= 0.3 is 5.97 Å². The summed E-state index contributed by atoms with van der Waals surface area (Å²) >= 11 is 6.59. The molecule has 1 heterocycles. The lowest BCUT2D eigenvalue weighted by Gasteiger charge is -1.92. The monoisotopic (exact) mass is 206 g/mol. The van der Waals surface area contributed by atoms with Gasteiger partial charge < -0.3 is 10.4 Å². The van der Waals surface area contributed by atoms with Crippen molar-refractivity contribution in [3.63, 3.8) is 0 Å². The van der Waals surface area contributed by atoms with E-state index < -0.39 is 5.97 Å². The Bertz CT molecular complexity index is 300. The second-order valence-corrected chi connectivity index (χ2v) is 3.33. The van der Waals surface area contributed by atoms with Gasteiger partial charge in [0, 0.05) is 6.54 Å². The Balaban J connectivity index is 2.92. The number of anilines is 1. The Kier molecular flexibility index (Phi) is 2.88. The predicted octanol–water partition coefficient (Wildman–Crippen LogP) is 1.93. The highest BCUT2D eigenvalue weighted by molar-refractivity contribution is 7.17. The molecule has 0 unspecified atom stereocenters. The lowest BCUT2D eigenvalue weighted by atomic mass is 10.6. The minimum atomic E-state index is -1.04. The fourth-order valence-corrected chi connectivity index (χ4v) is 1.76. The first kappa shape index (κ1) is 9.28. The molecule has 1 rings (SSSR count). The van der Waals surface area contributed by atoms with Crippen molar-refractivity contribution in [1.29, 1.82) is 0 Å². The molecule has 0 aliphatic carbocycles. The minimum absolute atomic E-state index is 0.0449. The number of rotatable bonds is 3.